The van der Waals surface area contributed by atoms with Gasteiger partial charge in [0, 0.05) is 37.4 Å². The zero-order valence-electron chi connectivity index (χ0n) is 21.9. The summed E-state index contributed by atoms with van der Waals surface area (Å²) in [6, 6.07) is 3.97. The van der Waals surface area contributed by atoms with Gasteiger partial charge >= 0.3 is 12.3 Å². The molecule has 0 radical (unpaired) electrons. The standard InChI is InChI=1S/C26H33F3N4O5/c1-25(2,3)21-13-22(33(31(21)4)14-18-6-5-11-37-18)30-23(34)19-12-16(26(27,28)29)7-8-20(19)38-15-17-9-10-32(17)24(35)36/h7-8,12-13,17-18H,5-6,9-11,14-15H2,1-4H3,(H,35,36)/b30-22+/t17-,18-/m1/s1. The first-order chi connectivity index (χ1) is 17.8. The minimum atomic E-state index is -4.67. The van der Waals surface area contributed by atoms with E-state index < -0.39 is 29.8 Å². The Balaban J connectivity index is 1.72. The van der Waals surface area contributed by atoms with Crippen molar-refractivity contribution in [3.63, 3.8) is 0 Å². The van der Waals surface area contributed by atoms with Crippen LogP contribution in [0, 0.1) is 0 Å². The Morgan fingerprint density at radius 2 is 1.92 bits per heavy atom. The van der Waals surface area contributed by atoms with Crippen LogP contribution in [-0.4, -0.2) is 63.3 Å². The van der Waals surface area contributed by atoms with Gasteiger partial charge in [-0.2, -0.15) is 18.2 Å². The van der Waals surface area contributed by atoms with Crippen molar-refractivity contribution >= 4 is 12.0 Å². The van der Waals surface area contributed by atoms with Gasteiger partial charge in [0.05, 0.1) is 29.8 Å². The fraction of sp³-hybridized carbons (Fsp3) is 0.577. The van der Waals surface area contributed by atoms with E-state index in [9.17, 15) is 27.9 Å². The number of carbonyl (C=O) groups is 2. The maximum absolute atomic E-state index is 13.5. The van der Waals surface area contributed by atoms with Gasteiger partial charge in [-0.1, -0.05) is 20.8 Å². The predicted molar refractivity (Wildman–Crippen MR) is 131 cm³/mol. The molecule has 3 heterocycles. The van der Waals surface area contributed by atoms with Crippen LogP contribution in [0.25, 0.3) is 0 Å². The Morgan fingerprint density at radius 3 is 2.47 bits per heavy atom. The molecule has 0 aliphatic carbocycles. The predicted octanol–water partition coefficient (Wildman–Crippen LogP) is 4.19. The largest absolute Gasteiger partial charge is 0.491 e. The summed E-state index contributed by atoms with van der Waals surface area (Å²) in [5, 5.41) is 9.21. The molecule has 2 amide bonds. The van der Waals surface area contributed by atoms with Crippen molar-refractivity contribution in [3.05, 3.63) is 46.6 Å². The van der Waals surface area contributed by atoms with Crippen molar-refractivity contribution in [2.45, 2.75) is 70.3 Å². The zero-order chi connectivity index (χ0) is 27.8. The Bertz CT molecular complexity index is 1270. The van der Waals surface area contributed by atoms with E-state index in [1.807, 2.05) is 37.2 Å². The van der Waals surface area contributed by atoms with Crippen LogP contribution in [0.3, 0.4) is 0 Å². The SMILES string of the molecule is Cn1c(C(C)(C)C)c/c(=N\C(=O)c2cc(C(F)(F)F)ccc2OC[C@H]2CCN2C(=O)O)n1C[C@H]1CCCO1. The summed E-state index contributed by atoms with van der Waals surface area (Å²) in [5.41, 5.74) is -0.438. The summed E-state index contributed by atoms with van der Waals surface area (Å²) in [6.45, 7) is 7.41. The first-order valence-corrected chi connectivity index (χ1v) is 12.6. The molecule has 0 saturated carbocycles. The van der Waals surface area contributed by atoms with E-state index in [0.717, 1.165) is 36.7 Å². The van der Waals surface area contributed by atoms with E-state index in [4.69, 9.17) is 9.47 Å². The highest BCUT2D eigenvalue weighted by atomic mass is 19.4. The minimum Gasteiger partial charge on any atom is -0.491 e. The molecule has 1 aromatic heterocycles. The van der Waals surface area contributed by atoms with Crippen molar-refractivity contribution in [2.75, 3.05) is 19.8 Å². The van der Waals surface area contributed by atoms with Crippen molar-refractivity contribution in [1.82, 2.24) is 14.3 Å². The van der Waals surface area contributed by atoms with Crippen LogP contribution in [0.5, 0.6) is 5.75 Å². The monoisotopic (exact) mass is 538 g/mol. The second kappa shape index (κ2) is 10.5. The van der Waals surface area contributed by atoms with E-state index in [1.54, 1.807) is 6.07 Å². The van der Waals surface area contributed by atoms with Crippen LogP contribution in [0.4, 0.5) is 18.0 Å². The third-order valence-corrected chi connectivity index (χ3v) is 6.98. The highest BCUT2D eigenvalue weighted by Crippen LogP contribution is 2.33. The number of halogens is 3. The lowest BCUT2D eigenvalue weighted by Gasteiger charge is -2.38. The number of rotatable bonds is 6. The van der Waals surface area contributed by atoms with Crippen LogP contribution in [0.1, 0.15) is 61.6 Å². The first kappa shape index (κ1) is 27.7. The highest BCUT2D eigenvalue weighted by molar-refractivity contribution is 5.97. The fourth-order valence-corrected chi connectivity index (χ4v) is 4.78. The van der Waals surface area contributed by atoms with Gasteiger partial charge < -0.3 is 19.5 Å². The van der Waals surface area contributed by atoms with Crippen molar-refractivity contribution in [2.24, 2.45) is 12.0 Å². The van der Waals surface area contributed by atoms with Gasteiger partial charge in [0.1, 0.15) is 12.4 Å². The minimum absolute atomic E-state index is 0.0578. The van der Waals surface area contributed by atoms with Crippen molar-refractivity contribution in [1.29, 1.82) is 0 Å². The number of amides is 2. The number of likely N-dealkylation sites (tertiary alicyclic amines) is 1. The lowest BCUT2D eigenvalue weighted by molar-refractivity contribution is -0.137. The maximum Gasteiger partial charge on any atom is 0.416 e. The topological polar surface area (TPSA) is 98.3 Å². The smallest absolute Gasteiger partial charge is 0.416 e. The van der Waals surface area contributed by atoms with Crippen LogP contribution in [0.2, 0.25) is 0 Å². The average molecular weight is 539 g/mol. The van der Waals surface area contributed by atoms with Gasteiger partial charge in [0.25, 0.3) is 5.91 Å². The van der Waals surface area contributed by atoms with E-state index in [1.165, 1.54) is 4.90 Å². The molecule has 2 saturated heterocycles. The van der Waals surface area contributed by atoms with Crippen molar-refractivity contribution in [3.8, 4) is 5.75 Å². The van der Waals surface area contributed by atoms with E-state index >= 15 is 0 Å². The zero-order valence-corrected chi connectivity index (χ0v) is 21.9. The molecule has 2 aliphatic heterocycles. The fourth-order valence-electron chi connectivity index (χ4n) is 4.78. The molecule has 12 heteroatoms. The number of nitrogens with zero attached hydrogens (tertiary/aromatic N) is 4. The molecule has 38 heavy (non-hydrogen) atoms. The number of hydrogen-bond donors (Lipinski definition) is 1. The summed E-state index contributed by atoms with van der Waals surface area (Å²) in [7, 11) is 1.85. The number of ether oxygens (including phenoxy) is 2. The Kier molecular flexibility index (Phi) is 7.64. The first-order valence-electron chi connectivity index (χ1n) is 12.6. The number of carbonyl (C=O) groups excluding carboxylic acids is 1. The molecule has 2 fully saturated rings. The molecule has 2 atom stereocenters. The van der Waals surface area contributed by atoms with Crippen LogP contribution in [0.15, 0.2) is 29.3 Å². The molecule has 0 spiro atoms. The maximum atomic E-state index is 13.5. The molecule has 1 aromatic carbocycles. The molecular formula is C26H33F3N4O5. The second-order valence-corrected chi connectivity index (χ2v) is 10.7. The summed E-state index contributed by atoms with van der Waals surface area (Å²) in [6.07, 6.45) is -3.48. The Morgan fingerprint density at radius 1 is 1.18 bits per heavy atom. The number of aromatic nitrogens is 2. The second-order valence-electron chi connectivity index (χ2n) is 10.7. The molecule has 0 unspecified atom stereocenters. The van der Waals surface area contributed by atoms with Gasteiger partial charge in [-0.05, 0) is 37.5 Å². The summed E-state index contributed by atoms with van der Waals surface area (Å²) < 4.78 is 55.7. The van der Waals surface area contributed by atoms with E-state index in [2.05, 4.69) is 4.99 Å². The van der Waals surface area contributed by atoms with Gasteiger partial charge in [0.15, 0.2) is 5.49 Å². The van der Waals surface area contributed by atoms with Crippen molar-refractivity contribution < 1.29 is 37.3 Å². The number of benzene rings is 1. The third kappa shape index (κ3) is 5.90. The summed E-state index contributed by atoms with van der Waals surface area (Å²) in [5.74, 6) is -0.969. The third-order valence-electron chi connectivity index (χ3n) is 6.98. The summed E-state index contributed by atoms with van der Waals surface area (Å²) >= 11 is 0. The number of carboxylic acid groups (broad SMARTS) is 1. The van der Waals surface area contributed by atoms with E-state index in [0.29, 0.717) is 31.6 Å². The van der Waals surface area contributed by atoms with Crippen LogP contribution >= 0.6 is 0 Å². The molecule has 2 aromatic rings. The average Bonchev–Trinajstić information content (AvgIpc) is 3.41. The van der Waals surface area contributed by atoms with Gasteiger partial charge in [-0.3, -0.25) is 14.2 Å². The normalized spacial score (nSPS) is 20.5. The molecule has 1 N–H and O–H groups in total. The molecular weight excluding hydrogens is 505 g/mol. The van der Waals surface area contributed by atoms with Gasteiger partial charge in [-0.25, -0.2) is 4.79 Å². The molecule has 0 bridgehead atoms. The molecule has 9 nitrogen and oxygen atoms in total. The lowest BCUT2D eigenvalue weighted by atomic mass is 9.92. The van der Waals surface area contributed by atoms with Crippen LogP contribution in [-0.2, 0) is 29.9 Å². The van der Waals surface area contributed by atoms with Crippen LogP contribution < -0.4 is 10.2 Å². The molecule has 2 aliphatic rings. The van der Waals surface area contributed by atoms with Gasteiger partial charge in [-0.15, -0.1) is 0 Å². The Hall–Kier alpha value is -3.28. The summed E-state index contributed by atoms with van der Waals surface area (Å²) in [4.78, 5) is 30.1. The van der Waals surface area contributed by atoms with Gasteiger partial charge in [0.2, 0.25) is 0 Å². The number of hydrogen-bond acceptors (Lipinski definition) is 4. The lowest BCUT2D eigenvalue weighted by Crippen LogP contribution is -2.53. The highest BCUT2D eigenvalue weighted by Gasteiger charge is 2.34. The Labute approximate surface area is 218 Å². The molecule has 208 valence electrons. The number of alkyl halides is 3. The van der Waals surface area contributed by atoms with E-state index in [-0.39, 0.29) is 29.4 Å². The molecule has 4 rings (SSSR count). The quantitative estimate of drug-likeness (QED) is 0.595.